The second kappa shape index (κ2) is 9.99. The van der Waals surface area contributed by atoms with E-state index < -0.39 is 26.6 Å². The van der Waals surface area contributed by atoms with Crippen LogP contribution >= 0.6 is 22.9 Å². The van der Waals surface area contributed by atoms with Gasteiger partial charge in [0.1, 0.15) is 11.4 Å². The predicted molar refractivity (Wildman–Crippen MR) is 119 cm³/mol. The molecule has 3 rings (SSSR count). The van der Waals surface area contributed by atoms with Gasteiger partial charge in [-0.15, -0.1) is 22.9 Å². The summed E-state index contributed by atoms with van der Waals surface area (Å²) in [4.78, 5) is 25.1. The van der Waals surface area contributed by atoms with Gasteiger partial charge in [-0.25, -0.2) is 18.7 Å². The zero-order valence-corrected chi connectivity index (χ0v) is 19.0. The number of sulfone groups is 1. The maximum atomic E-state index is 13.0. The lowest BCUT2D eigenvalue weighted by molar-refractivity contribution is -0.130. The molecule has 0 bridgehead atoms. The first-order valence-electron chi connectivity index (χ1n) is 9.67. The van der Waals surface area contributed by atoms with Crippen LogP contribution in [-0.4, -0.2) is 43.9 Å². The van der Waals surface area contributed by atoms with Crippen LogP contribution in [0.3, 0.4) is 0 Å². The summed E-state index contributed by atoms with van der Waals surface area (Å²) in [5.74, 6) is -0.533. The summed E-state index contributed by atoms with van der Waals surface area (Å²) >= 11 is 6.79. The molecule has 2 amide bonds. The van der Waals surface area contributed by atoms with Gasteiger partial charge < -0.3 is 4.74 Å². The van der Waals surface area contributed by atoms with E-state index in [1.807, 2.05) is 6.07 Å². The van der Waals surface area contributed by atoms with E-state index in [0.717, 1.165) is 10.4 Å². The van der Waals surface area contributed by atoms with Crippen molar-refractivity contribution >= 4 is 50.5 Å². The van der Waals surface area contributed by atoms with E-state index in [2.05, 4.69) is 5.32 Å². The first-order valence-corrected chi connectivity index (χ1v) is 12.7. The number of hydrogen-bond acceptors (Lipinski definition) is 7. The molecule has 0 aliphatic carbocycles. The lowest BCUT2D eigenvalue weighted by atomic mass is 9.94. The van der Waals surface area contributed by atoms with Crippen molar-refractivity contribution in [2.24, 2.45) is 0 Å². The molecule has 11 heteroatoms. The zero-order chi connectivity index (χ0) is 22.5. The van der Waals surface area contributed by atoms with Crippen molar-refractivity contribution in [3.8, 4) is 10.4 Å². The van der Waals surface area contributed by atoms with E-state index in [9.17, 15) is 18.0 Å². The molecule has 8 nitrogen and oxygen atoms in total. The molecule has 168 valence electrons. The maximum Gasteiger partial charge on any atom is 0.411 e. The minimum atomic E-state index is -3.59. The number of rotatable bonds is 7. The van der Waals surface area contributed by atoms with Gasteiger partial charge in [0.05, 0.1) is 18.1 Å². The number of alkyl halides is 1. The van der Waals surface area contributed by atoms with E-state index in [-0.39, 0.29) is 24.7 Å². The Kier molecular flexibility index (Phi) is 7.58. The largest absolute Gasteiger partial charge is 0.448 e. The molecule has 1 aliphatic heterocycles. The Morgan fingerprint density at radius 2 is 2.03 bits per heavy atom. The number of ether oxygens (including phenoxy) is 1. The van der Waals surface area contributed by atoms with Gasteiger partial charge in [-0.3, -0.25) is 15.3 Å². The maximum absolute atomic E-state index is 13.0. The Bertz CT molecular complexity index is 1060. The number of anilines is 1. The Morgan fingerprint density at radius 1 is 1.23 bits per heavy atom. The summed E-state index contributed by atoms with van der Waals surface area (Å²) in [6, 6.07) is 10.6. The highest BCUT2D eigenvalue weighted by Crippen LogP contribution is 2.47. The van der Waals surface area contributed by atoms with Crippen LogP contribution in [0.2, 0.25) is 0 Å². The second-order valence-corrected chi connectivity index (χ2v) is 11.1. The predicted octanol–water partition coefficient (Wildman–Crippen LogP) is 3.89. The topological polar surface area (TPSA) is 122 Å². The van der Waals surface area contributed by atoms with Gasteiger partial charge in [0.2, 0.25) is 5.91 Å². The molecule has 3 N–H and O–H groups in total. The van der Waals surface area contributed by atoms with Gasteiger partial charge in [-0.05, 0) is 42.7 Å². The van der Waals surface area contributed by atoms with Crippen molar-refractivity contribution in [2.45, 2.75) is 30.4 Å². The van der Waals surface area contributed by atoms with Crippen molar-refractivity contribution < 1.29 is 28.0 Å². The van der Waals surface area contributed by atoms with Crippen LogP contribution in [0.25, 0.3) is 10.4 Å². The van der Waals surface area contributed by atoms with E-state index in [0.29, 0.717) is 29.8 Å². The monoisotopic (exact) mass is 486 g/mol. The summed E-state index contributed by atoms with van der Waals surface area (Å²) in [5, 5.41) is 11.6. The van der Waals surface area contributed by atoms with E-state index in [4.69, 9.17) is 21.5 Å². The normalized spacial score (nSPS) is 20.1. The summed E-state index contributed by atoms with van der Waals surface area (Å²) in [6.07, 6.45) is 0.592. The zero-order valence-electron chi connectivity index (χ0n) is 16.6. The van der Waals surface area contributed by atoms with E-state index in [1.165, 1.54) is 11.3 Å². The highest BCUT2D eigenvalue weighted by Gasteiger charge is 2.49. The van der Waals surface area contributed by atoms with Crippen LogP contribution in [0.15, 0.2) is 36.4 Å². The molecule has 1 fully saturated rings. The van der Waals surface area contributed by atoms with Gasteiger partial charge >= 0.3 is 6.09 Å². The highest BCUT2D eigenvalue weighted by atomic mass is 35.5. The minimum absolute atomic E-state index is 0.00274. The van der Waals surface area contributed by atoms with Gasteiger partial charge in [0.15, 0.2) is 9.84 Å². The third kappa shape index (κ3) is 5.20. The first-order chi connectivity index (χ1) is 14.8. The van der Waals surface area contributed by atoms with Gasteiger partial charge in [0.25, 0.3) is 0 Å². The fourth-order valence-corrected chi connectivity index (χ4v) is 7.54. The fraction of sp³-hybridized carbons (Fsp3) is 0.400. The molecule has 2 aromatic rings. The van der Waals surface area contributed by atoms with Crippen molar-refractivity contribution in [2.75, 3.05) is 23.6 Å². The molecule has 1 saturated heterocycles. The summed E-state index contributed by atoms with van der Waals surface area (Å²) < 4.78 is 29.6. The Labute approximate surface area is 189 Å². The average Bonchev–Trinajstić information content (AvgIpc) is 3.24. The lowest BCUT2D eigenvalue weighted by Gasteiger charge is -2.35. The molecule has 2 heterocycles. The van der Waals surface area contributed by atoms with Crippen LogP contribution in [0.5, 0.6) is 0 Å². The Hall–Kier alpha value is -2.14. The first kappa shape index (κ1) is 23.5. The molecule has 1 aromatic carbocycles. The molecular formula is C20H23ClN2O6S2. The number of benzene rings is 1. The Morgan fingerprint density at radius 3 is 2.74 bits per heavy atom. The van der Waals surface area contributed by atoms with Crippen molar-refractivity contribution in [1.82, 2.24) is 5.48 Å². The fourth-order valence-electron chi connectivity index (χ4n) is 3.69. The lowest BCUT2D eigenvalue weighted by Crippen LogP contribution is -2.43. The van der Waals surface area contributed by atoms with Crippen molar-refractivity contribution in [3.63, 3.8) is 0 Å². The van der Waals surface area contributed by atoms with Crippen LogP contribution in [0.4, 0.5) is 10.5 Å². The molecule has 0 unspecified atom stereocenters. The van der Waals surface area contributed by atoms with Crippen LogP contribution in [-0.2, 0) is 24.1 Å². The van der Waals surface area contributed by atoms with Gasteiger partial charge in [-0.2, -0.15) is 0 Å². The highest BCUT2D eigenvalue weighted by molar-refractivity contribution is 7.92. The summed E-state index contributed by atoms with van der Waals surface area (Å²) in [6.45, 7) is 0.0966. The number of nitrogens with one attached hydrogen (secondary N) is 2. The van der Waals surface area contributed by atoms with Crippen LogP contribution < -0.4 is 10.8 Å². The average molecular weight is 487 g/mol. The van der Waals surface area contributed by atoms with Gasteiger partial charge in [0, 0.05) is 15.4 Å². The van der Waals surface area contributed by atoms with Crippen LogP contribution in [0, 0.1) is 0 Å². The molecule has 1 aliphatic rings. The molecule has 1 atom stereocenters. The molecule has 0 radical (unpaired) electrons. The minimum Gasteiger partial charge on any atom is -0.448 e. The van der Waals surface area contributed by atoms with Crippen molar-refractivity contribution in [3.05, 3.63) is 41.3 Å². The Balaban J connectivity index is 1.91. The number of carbonyl (C=O) groups is 2. The van der Waals surface area contributed by atoms with Crippen LogP contribution in [0.1, 0.15) is 30.6 Å². The number of hydroxylamine groups is 1. The van der Waals surface area contributed by atoms with E-state index in [1.54, 1.807) is 35.8 Å². The number of thiophene rings is 1. The number of carbonyl (C=O) groups excluding carboxylic acids is 2. The molecular weight excluding hydrogens is 464 g/mol. The van der Waals surface area contributed by atoms with E-state index >= 15 is 0 Å². The summed E-state index contributed by atoms with van der Waals surface area (Å²) in [7, 11) is -3.59. The molecule has 31 heavy (non-hydrogen) atoms. The summed E-state index contributed by atoms with van der Waals surface area (Å²) in [5.41, 5.74) is 2.86. The number of halogens is 1. The SMILES string of the molecule is O=C(C[C@]1(c2ccc(-c3cccc(NC(=O)OCCCl)c3)s2)CCCCS1(=O)=O)NO. The smallest absolute Gasteiger partial charge is 0.411 e. The third-order valence-corrected chi connectivity index (χ3v) is 9.38. The number of amides is 2. The standard InChI is InChI=1S/C20H23ClN2O6S2/c21-9-10-29-19(25)22-15-5-3-4-14(12-15)16-6-7-17(30-16)20(13-18(24)23-26)8-1-2-11-31(20,27)28/h3-7,12,26H,1-2,8-11,13H2,(H,22,25)(H,23,24)/t20-/m0/s1. The quantitative estimate of drug-likeness (QED) is 0.310. The molecule has 1 aromatic heterocycles. The molecule has 0 saturated carbocycles. The second-order valence-electron chi connectivity index (χ2n) is 7.18. The van der Waals surface area contributed by atoms with Gasteiger partial charge in [-0.1, -0.05) is 18.6 Å². The number of hydrogen-bond donors (Lipinski definition) is 3. The molecule has 0 spiro atoms. The third-order valence-electron chi connectivity index (χ3n) is 5.17. The van der Waals surface area contributed by atoms with Crippen molar-refractivity contribution in [1.29, 1.82) is 0 Å².